The molecule has 1 amide bonds. The van der Waals surface area contributed by atoms with Crippen molar-refractivity contribution in [1.29, 1.82) is 0 Å². The van der Waals surface area contributed by atoms with Gasteiger partial charge >= 0.3 is 0 Å². The third kappa shape index (κ3) is 4.96. The van der Waals surface area contributed by atoms with Crippen LogP contribution in [0.4, 0.5) is 0 Å². The lowest BCUT2D eigenvalue weighted by Crippen LogP contribution is -2.56. The van der Waals surface area contributed by atoms with Crippen LogP contribution in [-0.4, -0.2) is 56.5 Å². The van der Waals surface area contributed by atoms with Crippen LogP contribution in [0.1, 0.15) is 49.3 Å². The van der Waals surface area contributed by atoms with Gasteiger partial charge < -0.3 is 29.0 Å². The van der Waals surface area contributed by atoms with Crippen LogP contribution < -0.4 is 18.9 Å². The molecule has 1 saturated heterocycles. The highest BCUT2D eigenvalue weighted by Gasteiger charge is 2.50. The van der Waals surface area contributed by atoms with E-state index in [0.29, 0.717) is 36.0 Å². The lowest BCUT2D eigenvalue weighted by molar-refractivity contribution is -0.151. The SMILES string of the molecule is COc1ccc([C@@H]2[C@@H]3CCCC[C@]3(O)CCN2C(=O)/C=C/c2ccc(OC)c(OC)c2)c(OC)c1. The van der Waals surface area contributed by atoms with Crippen LogP contribution in [0.2, 0.25) is 0 Å². The fourth-order valence-electron chi connectivity index (χ4n) is 5.60. The summed E-state index contributed by atoms with van der Waals surface area (Å²) in [6.45, 7) is 0.474. The van der Waals surface area contributed by atoms with Gasteiger partial charge in [-0.05, 0) is 55.2 Å². The highest BCUT2D eigenvalue weighted by molar-refractivity contribution is 5.92. The Kier molecular flexibility index (Phi) is 7.55. The molecule has 7 nitrogen and oxygen atoms in total. The molecule has 1 saturated carbocycles. The number of rotatable bonds is 7. The van der Waals surface area contributed by atoms with Crippen molar-refractivity contribution in [2.45, 2.75) is 43.7 Å². The van der Waals surface area contributed by atoms with Gasteiger partial charge in [-0.25, -0.2) is 0 Å². The molecule has 1 N–H and O–H groups in total. The number of benzene rings is 2. The minimum atomic E-state index is -0.780. The number of hydrogen-bond donors (Lipinski definition) is 1. The third-order valence-electron chi connectivity index (χ3n) is 7.44. The fourth-order valence-corrected chi connectivity index (χ4v) is 5.60. The number of amides is 1. The van der Waals surface area contributed by atoms with E-state index in [4.69, 9.17) is 18.9 Å². The van der Waals surface area contributed by atoms with Crippen LogP contribution in [0.25, 0.3) is 6.08 Å². The molecule has 0 bridgehead atoms. The first kappa shape index (κ1) is 24.9. The van der Waals surface area contributed by atoms with Gasteiger partial charge in [0, 0.05) is 30.2 Å². The van der Waals surface area contributed by atoms with Gasteiger partial charge in [0.25, 0.3) is 0 Å². The number of carbonyl (C=O) groups excluding carboxylic acids is 1. The van der Waals surface area contributed by atoms with Gasteiger partial charge in [-0.2, -0.15) is 0 Å². The van der Waals surface area contributed by atoms with Gasteiger partial charge in [-0.1, -0.05) is 18.9 Å². The van der Waals surface area contributed by atoms with Gasteiger partial charge in [-0.3, -0.25) is 4.79 Å². The Morgan fingerprint density at radius 2 is 1.71 bits per heavy atom. The lowest BCUT2D eigenvalue weighted by atomic mass is 9.66. The molecule has 1 aliphatic carbocycles. The van der Waals surface area contributed by atoms with Gasteiger partial charge in [0.15, 0.2) is 11.5 Å². The average Bonchev–Trinajstić information content (AvgIpc) is 2.90. The van der Waals surface area contributed by atoms with Crippen LogP contribution in [0.3, 0.4) is 0 Å². The Morgan fingerprint density at radius 3 is 2.43 bits per heavy atom. The molecule has 1 heterocycles. The van der Waals surface area contributed by atoms with Crippen molar-refractivity contribution in [2.24, 2.45) is 5.92 Å². The second kappa shape index (κ2) is 10.6. The minimum absolute atomic E-state index is 0.0641. The normalized spacial score (nSPS) is 24.1. The van der Waals surface area contributed by atoms with Crippen LogP contribution >= 0.6 is 0 Å². The Bertz CT molecular complexity index is 1080. The quantitative estimate of drug-likeness (QED) is 0.581. The zero-order chi connectivity index (χ0) is 25.0. The van der Waals surface area contributed by atoms with Gasteiger partial charge in [0.05, 0.1) is 40.1 Å². The maximum absolute atomic E-state index is 13.6. The van der Waals surface area contributed by atoms with E-state index >= 15 is 0 Å². The molecule has 0 aromatic heterocycles. The fraction of sp³-hybridized carbons (Fsp3) is 0.464. The topological polar surface area (TPSA) is 77.5 Å². The van der Waals surface area contributed by atoms with E-state index in [1.54, 1.807) is 40.6 Å². The molecule has 2 aliphatic rings. The highest BCUT2D eigenvalue weighted by atomic mass is 16.5. The molecule has 1 aliphatic heterocycles. The second-order valence-corrected chi connectivity index (χ2v) is 9.24. The summed E-state index contributed by atoms with van der Waals surface area (Å²) in [6, 6.07) is 10.9. The van der Waals surface area contributed by atoms with E-state index in [9.17, 15) is 9.90 Å². The zero-order valence-electron chi connectivity index (χ0n) is 21.0. The number of likely N-dealkylation sites (tertiary alicyclic amines) is 1. The summed E-state index contributed by atoms with van der Waals surface area (Å²) < 4.78 is 21.8. The van der Waals surface area contributed by atoms with Crippen molar-refractivity contribution in [1.82, 2.24) is 4.90 Å². The number of nitrogens with zero attached hydrogens (tertiary/aromatic N) is 1. The molecular formula is C28H35NO6. The molecule has 2 aromatic carbocycles. The predicted molar refractivity (Wildman–Crippen MR) is 134 cm³/mol. The molecule has 3 atom stereocenters. The Labute approximate surface area is 207 Å². The van der Waals surface area contributed by atoms with Crippen LogP contribution in [0, 0.1) is 5.92 Å². The van der Waals surface area contributed by atoms with Crippen molar-refractivity contribution in [3.63, 3.8) is 0 Å². The lowest BCUT2D eigenvalue weighted by Gasteiger charge is -2.52. The van der Waals surface area contributed by atoms with Crippen molar-refractivity contribution in [3.05, 3.63) is 53.6 Å². The van der Waals surface area contributed by atoms with Crippen molar-refractivity contribution < 1.29 is 28.8 Å². The first-order valence-corrected chi connectivity index (χ1v) is 12.1. The summed E-state index contributed by atoms with van der Waals surface area (Å²) in [5.74, 6) is 2.42. The molecule has 35 heavy (non-hydrogen) atoms. The Morgan fingerprint density at radius 1 is 0.943 bits per heavy atom. The first-order chi connectivity index (χ1) is 16.9. The number of methoxy groups -OCH3 is 4. The number of hydrogen-bond acceptors (Lipinski definition) is 6. The molecule has 2 aromatic rings. The third-order valence-corrected chi connectivity index (χ3v) is 7.44. The number of piperidine rings is 1. The van der Waals surface area contributed by atoms with E-state index in [1.807, 2.05) is 41.3 Å². The van der Waals surface area contributed by atoms with Gasteiger partial charge in [-0.15, -0.1) is 0 Å². The number of fused-ring (bicyclic) bond motifs is 1. The van der Waals surface area contributed by atoms with E-state index < -0.39 is 5.60 Å². The van der Waals surface area contributed by atoms with E-state index in [0.717, 1.165) is 36.8 Å². The number of ether oxygens (including phenoxy) is 4. The molecule has 0 radical (unpaired) electrons. The van der Waals surface area contributed by atoms with E-state index in [2.05, 4.69) is 0 Å². The molecule has 2 fully saturated rings. The molecule has 4 rings (SSSR count). The minimum Gasteiger partial charge on any atom is -0.497 e. The molecular weight excluding hydrogens is 446 g/mol. The number of carbonyl (C=O) groups is 1. The van der Waals surface area contributed by atoms with Crippen molar-refractivity contribution in [2.75, 3.05) is 35.0 Å². The Hall–Kier alpha value is -3.19. The predicted octanol–water partition coefficient (Wildman–Crippen LogP) is 4.63. The molecule has 188 valence electrons. The monoisotopic (exact) mass is 481 g/mol. The van der Waals surface area contributed by atoms with Crippen LogP contribution in [0.5, 0.6) is 23.0 Å². The van der Waals surface area contributed by atoms with Crippen molar-refractivity contribution in [3.8, 4) is 23.0 Å². The largest absolute Gasteiger partial charge is 0.497 e. The maximum Gasteiger partial charge on any atom is 0.247 e. The molecule has 7 heteroatoms. The maximum atomic E-state index is 13.6. The summed E-state index contributed by atoms with van der Waals surface area (Å²) >= 11 is 0. The van der Waals surface area contributed by atoms with Gasteiger partial charge in [0.1, 0.15) is 11.5 Å². The highest BCUT2D eigenvalue weighted by Crippen LogP contribution is 2.51. The van der Waals surface area contributed by atoms with Crippen LogP contribution in [0.15, 0.2) is 42.5 Å². The smallest absolute Gasteiger partial charge is 0.247 e. The summed E-state index contributed by atoms with van der Waals surface area (Å²) in [4.78, 5) is 15.5. The van der Waals surface area contributed by atoms with Crippen molar-refractivity contribution >= 4 is 12.0 Å². The number of aliphatic hydroxyl groups is 1. The summed E-state index contributed by atoms with van der Waals surface area (Å²) in [5, 5.41) is 11.6. The molecule has 0 spiro atoms. The molecule has 0 unspecified atom stereocenters. The van der Waals surface area contributed by atoms with Gasteiger partial charge in [0.2, 0.25) is 5.91 Å². The summed E-state index contributed by atoms with van der Waals surface area (Å²) in [5.41, 5.74) is 0.949. The van der Waals surface area contributed by atoms with E-state index in [1.165, 1.54) is 0 Å². The Balaban J connectivity index is 1.68. The van der Waals surface area contributed by atoms with Crippen LogP contribution in [-0.2, 0) is 4.79 Å². The summed E-state index contributed by atoms with van der Waals surface area (Å²) in [6.07, 6.45) is 7.61. The van der Waals surface area contributed by atoms with E-state index in [-0.39, 0.29) is 17.9 Å². The summed E-state index contributed by atoms with van der Waals surface area (Å²) in [7, 11) is 6.41. The first-order valence-electron chi connectivity index (χ1n) is 12.1. The second-order valence-electron chi connectivity index (χ2n) is 9.24. The average molecular weight is 482 g/mol. The standard InChI is InChI=1S/C28H35NO6/c1-32-20-10-11-21(24(18-20)34-3)27-22-7-5-6-14-28(22,31)15-16-29(27)26(30)13-9-19-8-12-23(33-2)25(17-19)35-4/h8-13,17-18,22,27,31H,5-7,14-16H2,1-4H3/b13-9+/t22-,27+,28-/m0/s1. The zero-order valence-corrected chi connectivity index (χ0v) is 21.0.